The van der Waals surface area contributed by atoms with Crippen LogP contribution in [0.1, 0.15) is 12.8 Å². The summed E-state index contributed by atoms with van der Waals surface area (Å²) in [6.45, 7) is 0. The van der Waals surface area contributed by atoms with Gasteiger partial charge in [0.05, 0.1) is 12.1 Å². The Morgan fingerprint density at radius 3 is 2.50 bits per heavy atom. The molecule has 0 aromatic heterocycles. The van der Waals surface area contributed by atoms with Crippen molar-refractivity contribution in [1.29, 1.82) is 0 Å². The molecule has 0 amide bonds. The summed E-state index contributed by atoms with van der Waals surface area (Å²) in [6.07, 6.45) is 12.4. The zero-order valence-electron chi connectivity index (χ0n) is 9.24. The van der Waals surface area contributed by atoms with E-state index in [1.165, 1.54) is 12.8 Å². The van der Waals surface area contributed by atoms with Gasteiger partial charge in [-0.05, 0) is 42.4 Å². The molecule has 2 saturated carbocycles. The number of azo groups is 1. The summed E-state index contributed by atoms with van der Waals surface area (Å²) in [6, 6.07) is 1.08. The van der Waals surface area contributed by atoms with Crippen molar-refractivity contribution in [1.82, 2.24) is 0 Å². The highest BCUT2D eigenvalue weighted by Crippen LogP contribution is 2.61. The quantitative estimate of drug-likeness (QED) is 0.552. The van der Waals surface area contributed by atoms with Gasteiger partial charge in [0, 0.05) is 5.92 Å². The van der Waals surface area contributed by atoms with Crippen LogP contribution in [-0.4, -0.2) is 12.1 Å². The minimum absolute atomic E-state index is 0.527. The Bertz CT molecular complexity index is 436. The van der Waals surface area contributed by atoms with E-state index in [0.29, 0.717) is 12.1 Å². The first-order valence-electron chi connectivity index (χ1n) is 6.68. The van der Waals surface area contributed by atoms with E-state index in [1.807, 2.05) is 0 Å². The van der Waals surface area contributed by atoms with E-state index in [0.717, 1.165) is 35.5 Å². The molecule has 4 bridgehead atoms. The lowest BCUT2D eigenvalue weighted by Gasteiger charge is -2.50. The lowest BCUT2D eigenvalue weighted by molar-refractivity contribution is 0.0468. The summed E-state index contributed by atoms with van der Waals surface area (Å²) < 4.78 is 0. The second-order valence-electron chi connectivity index (χ2n) is 6.22. The van der Waals surface area contributed by atoms with Crippen LogP contribution in [0.4, 0.5) is 0 Å². The van der Waals surface area contributed by atoms with Crippen molar-refractivity contribution in [3.63, 3.8) is 0 Å². The third-order valence-corrected chi connectivity index (χ3v) is 5.80. The Balaban J connectivity index is 1.67. The number of allylic oxidation sites excluding steroid dienone is 3. The number of hydrogen-bond donors (Lipinski definition) is 0. The molecule has 0 radical (unpaired) electrons. The highest BCUT2D eigenvalue weighted by Gasteiger charge is 2.61. The van der Waals surface area contributed by atoms with Crippen LogP contribution in [0.25, 0.3) is 0 Å². The third kappa shape index (κ3) is 0.732. The van der Waals surface area contributed by atoms with Gasteiger partial charge < -0.3 is 0 Å². The van der Waals surface area contributed by atoms with Gasteiger partial charge in [-0.1, -0.05) is 24.3 Å². The maximum absolute atomic E-state index is 4.65. The molecule has 2 heteroatoms. The fraction of sp³-hybridized carbons (Fsp3) is 0.714. The number of rotatable bonds is 0. The molecule has 2 nitrogen and oxygen atoms in total. The van der Waals surface area contributed by atoms with Gasteiger partial charge in [-0.2, -0.15) is 10.2 Å². The average molecular weight is 212 g/mol. The van der Waals surface area contributed by atoms with Crippen LogP contribution in [0.3, 0.4) is 0 Å². The summed E-state index contributed by atoms with van der Waals surface area (Å²) in [7, 11) is 0. The van der Waals surface area contributed by atoms with Crippen LogP contribution in [0, 0.1) is 35.5 Å². The second-order valence-corrected chi connectivity index (χ2v) is 6.22. The smallest absolute Gasteiger partial charge is 0.0811 e. The van der Waals surface area contributed by atoms with Crippen LogP contribution in [0.2, 0.25) is 0 Å². The summed E-state index contributed by atoms with van der Waals surface area (Å²) in [5.74, 6) is 4.88. The lowest BCUT2D eigenvalue weighted by Crippen LogP contribution is -2.53. The van der Waals surface area contributed by atoms with Crippen molar-refractivity contribution in [2.45, 2.75) is 24.9 Å². The van der Waals surface area contributed by atoms with Gasteiger partial charge in [-0.15, -0.1) is 0 Å². The van der Waals surface area contributed by atoms with Crippen molar-refractivity contribution in [3.8, 4) is 0 Å². The van der Waals surface area contributed by atoms with E-state index in [2.05, 4.69) is 34.5 Å². The lowest BCUT2D eigenvalue weighted by atomic mass is 9.60. The molecule has 6 aliphatic rings. The standard InChI is InChI=1S/C14H16N2/c1-2-9-10(3-1)14-12-8-5-4-7(6-8)11(12)13(9)15-16-14/h1-2,4-5,7-14H,3,6H2/t7-,8+,9+,10-,11-,12+,13+,14-/m0/s1. The fourth-order valence-electron chi connectivity index (χ4n) is 5.30. The zero-order chi connectivity index (χ0) is 10.3. The van der Waals surface area contributed by atoms with Crippen molar-refractivity contribution in [2.75, 3.05) is 0 Å². The molecular formula is C14H16N2. The first kappa shape index (κ1) is 8.21. The predicted octanol–water partition coefficient (Wildman–Crippen LogP) is 2.83. The van der Waals surface area contributed by atoms with Gasteiger partial charge in [-0.25, -0.2) is 0 Å². The number of fused-ring (bicyclic) bond motifs is 2. The van der Waals surface area contributed by atoms with Crippen LogP contribution in [0.5, 0.6) is 0 Å². The van der Waals surface area contributed by atoms with E-state index in [9.17, 15) is 0 Å². The van der Waals surface area contributed by atoms with Gasteiger partial charge in [0.25, 0.3) is 0 Å². The molecule has 6 rings (SSSR count). The minimum Gasteiger partial charge on any atom is -0.190 e. The van der Waals surface area contributed by atoms with Gasteiger partial charge >= 0.3 is 0 Å². The maximum Gasteiger partial charge on any atom is 0.0811 e. The Kier molecular flexibility index (Phi) is 1.28. The van der Waals surface area contributed by atoms with E-state index in [-0.39, 0.29) is 0 Å². The van der Waals surface area contributed by atoms with Crippen molar-refractivity contribution in [3.05, 3.63) is 24.3 Å². The summed E-state index contributed by atoms with van der Waals surface area (Å²) in [4.78, 5) is 0. The minimum atomic E-state index is 0.527. The fourth-order valence-corrected chi connectivity index (χ4v) is 5.30. The third-order valence-electron chi connectivity index (χ3n) is 5.80. The van der Waals surface area contributed by atoms with E-state index >= 15 is 0 Å². The van der Waals surface area contributed by atoms with Crippen LogP contribution in [-0.2, 0) is 0 Å². The molecule has 8 atom stereocenters. The van der Waals surface area contributed by atoms with E-state index in [1.54, 1.807) is 0 Å². The molecule has 0 saturated heterocycles. The largest absolute Gasteiger partial charge is 0.190 e. The molecule has 82 valence electrons. The molecule has 0 aromatic rings. The Labute approximate surface area is 95.5 Å². The molecule has 0 aromatic carbocycles. The molecule has 0 N–H and O–H groups in total. The molecular weight excluding hydrogens is 196 g/mol. The topological polar surface area (TPSA) is 24.7 Å². The number of nitrogens with zero attached hydrogens (tertiary/aromatic N) is 2. The average Bonchev–Trinajstić information content (AvgIpc) is 3.05. The molecule has 2 aliphatic heterocycles. The highest BCUT2D eigenvalue weighted by atomic mass is 15.2. The second kappa shape index (κ2) is 2.49. The summed E-state index contributed by atoms with van der Waals surface area (Å²) >= 11 is 0. The maximum atomic E-state index is 4.65. The monoisotopic (exact) mass is 212 g/mol. The molecule has 0 spiro atoms. The van der Waals surface area contributed by atoms with Crippen molar-refractivity contribution in [2.24, 2.45) is 45.7 Å². The van der Waals surface area contributed by atoms with Gasteiger partial charge in [-0.3, -0.25) is 0 Å². The zero-order valence-corrected chi connectivity index (χ0v) is 9.24. The Morgan fingerprint density at radius 1 is 0.875 bits per heavy atom. The van der Waals surface area contributed by atoms with Crippen LogP contribution in [0.15, 0.2) is 34.5 Å². The predicted molar refractivity (Wildman–Crippen MR) is 60.9 cm³/mol. The highest BCUT2D eigenvalue weighted by molar-refractivity contribution is 5.26. The van der Waals surface area contributed by atoms with Gasteiger partial charge in [0.2, 0.25) is 0 Å². The van der Waals surface area contributed by atoms with Crippen LogP contribution >= 0.6 is 0 Å². The van der Waals surface area contributed by atoms with Crippen LogP contribution < -0.4 is 0 Å². The molecule has 4 aliphatic carbocycles. The molecule has 0 unspecified atom stereocenters. The van der Waals surface area contributed by atoms with Gasteiger partial charge in [0.1, 0.15) is 0 Å². The summed E-state index contributed by atoms with van der Waals surface area (Å²) in [5, 5.41) is 9.29. The number of hydrogen-bond acceptors (Lipinski definition) is 2. The van der Waals surface area contributed by atoms with Crippen molar-refractivity contribution < 1.29 is 0 Å². The molecule has 2 fully saturated rings. The van der Waals surface area contributed by atoms with E-state index < -0.39 is 0 Å². The Morgan fingerprint density at radius 2 is 1.62 bits per heavy atom. The normalized spacial score (nSPS) is 63.0. The molecule has 16 heavy (non-hydrogen) atoms. The summed E-state index contributed by atoms with van der Waals surface area (Å²) in [5.41, 5.74) is 0. The van der Waals surface area contributed by atoms with Gasteiger partial charge in [0.15, 0.2) is 0 Å². The van der Waals surface area contributed by atoms with Crippen molar-refractivity contribution >= 4 is 0 Å². The van der Waals surface area contributed by atoms with E-state index in [4.69, 9.17) is 0 Å². The first-order valence-corrected chi connectivity index (χ1v) is 6.68. The Hall–Kier alpha value is -0.920. The first-order chi connectivity index (χ1) is 7.93. The molecule has 2 heterocycles. The SMILES string of the molecule is C1=C[C@@H]2[C@H](C1)[C@@H]1N=N[C@H]2[C@@H]2[C@H]1[C@@H]1C=C[C@H]2C1.